The van der Waals surface area contributed by atoms with Crippen molar-refractivity contribution in [1.82, 2.24) is 0 Å². The van der Waals surface area contributed by atoms with Crippen molar-refractivity contribution in [2.75, 3.05) is 9.80 Å². The number of anilines is 6. The van der Waals surface area contributed by atoms with E-state index in [1.54, 1.807) is 0 Å². The molecule has 9 aromatic rings. The maximum absolute atomic E-state index is 2.52. The summed E-state index contributed by atoms with van der Waals surface area (Å²) in [7, 11) is 0. The molecule has 0 heterocycles. The predicted octanol–water partition coefficient (Wildman–Crippen LogP) is 19.1. The third-order valence-electron chi connectivity index (χ3n) is 13.3. The fraction of sp³-hybridized carbons (Fsp3) is 0.219. The van der Waals surface area contributed by atoms with E-state index in [2.05, 4.69) is 273 Å². The second-order valence-electron chi connectivity index (χ2n) is 20.7. The lowest BCUT2D eigenvalue weighted by atomic mass is 9.86. The Bertz CT molecular complexity index is 2880. The molecule has 0 bridgehead atoms. The van der Waals surface area contributed by atoms with Gasteiger partial charge in [-0.05, 0) is 128 Å². The highest BCUT2D eigenvalue weighted by molar-refractivity contribution is 6.24. The van der Waals surface area contributed by atoms with Crippen LogP contribution in [0.5, 0.6) is 0 Å². The molecular weight excluding hydrogens is 797 g/mol. The van der Waals surface area contributed by atoms with Crippen molar-refractivity contribution in [2.45, 2.75) is 91.9 Å². The first-order valence-electron chi connectivity index (χ1n) is 23.8. The quantitative estimate of drug-likeness (QED) is 0.0998. The Balaban J connectivity index is 1.45. The maximum atomic E-state index is 2.52. The van der Waals surface area contributed by atoms with Gasteiger partial charge < -0.3 is 9.80 Å². The smallest absolute Gasteiger partial charge is 0.0620 e. The Morgan fingerprint density at radius 2 is 0.606 bits per heavy atom. The molecule has 2 heteroatoms. The standard InChI is InChI=1S/C64H64N2/c1-43(2)45-21-31-53(32-22-45)65(55-35-27-51(28-36-55)63(5,6)7)61-57-39-25-50(48-19-15-12-16-20-48)42-60(57)62(58-40-26-49(41-59(58)61)47-17-13-11-14-18-47)66(54-33-23-46(24-34-54)44(3)4)56-37-29-52(30-38-56)64(8,9)10/h11-44H,1-10H3. The molecule has 0 amide bonds. The summed E-state index contributed by atoms with van der Waals surface area (Å²) in [4.78, 5) is 5.03. The summed E-state index contributed by atoms with van der Waals surface area (Å²) in [6.07, 6.45) is 0. The van der Waals surface area contributed by atoms with Crippen LogP contribution in [0.4, 0.5) is 34.1 Å². The Hall–Kier alpha value is -6.90. The Morgan fingerprint density at radius 1 is 0.303 bits per heavy atom. The SMILES string of the molecule is CC(C)c1ccc(N(c2ccc(C(C)(C)C)cc2)c2c3ccc(-c4ccccc4)cc3c(N(c3ccc(C(C)C)cc3)c3ccc(C(C)(C)C)cc3)c3ccc(-c4ccccc4)cc23)cc1. The highest BCUT2D eigenvalue weighted by Gasteiger charge is 2.28. The van der Waals surface area contributed by atoms with Gasteiger partial charge in [0, 0.05) is 44.3 Å². The topological polar surface area (TPSA) is 6.48 Å². The van der Waals surface area contributed by atoms with E-state index >= 15 is 0 Å². The summed E-state index contributed by atoms with van der Waals surface area (Å²) in [6.45, 7) is 22.8. The summed E-state index contributed by atoms with van der Waals surface area (Å²) in [5, 5.41) is 4.69. The van der Waals surface area contributed by atoms with Crippen molar-refractivity contribution < 1.29 is 0 Å². The summed E-state index contributed by atoms with van der Waals surface area (Å²) in [6, 6.07) is 73.0. The van der Waals surface area contributed by atoms with Gasteiger partial charge in [-0.2, -0.15) is 0 Å². The summed E-state index contributed by atoms with van der Waals surface area (Å²) < 4.78 is 0. The molecule has 0 saturated heterocycles. The zero-order valence-corrected chi connectivity index (χ0v) is 40.5. The number of hydrogen-bond donors (Lipinski definition) is 0. The molecule has 0 N–H and O–H groups in total. The van der Waals surface area contributed by atoms with E-state index < -0.39 is 0 Å². The fourth-order valence-corrected chi connectivity index (χ4v) is 9.34. The minimum atomic E-state index is 0.0175. The molecule has 0 aliphatic rings. The van der Waals surface area contributed by atoms with E-state index in [0.717, 1.165) is 34.1 Å². The van der Waals surface area contributed by atoms with Crippen LogP contribution >= 0.6 is 0 Å². The second-order valence-corrected chi connectivity index (χ2v) is 20.7. The molecule has 330 valence electrons. The van der Waals surface area contributed by atoms with E-state index in [1.807, 2.05) is 0 Å². The van der Waals surface area contributed by atoms with Crippen LogP contribution in [-0.4, -0.2) is 0 Å². The molecule has 0 unspecified atom stereocenters. The number of rotatable bonds is 10. The van der Waals surface area contributed by atoms with E-state index in [9.17, 15) is 0 Å². The van der Waals surface area contributed by atoms with Crippen LogP contribution in [0.25, 0.3) is 43.8 Å². The molecule has 0 aliphatic heterocycles. The number of benzene rings is 9. The van der Waals surface area contributed by atoms with Gasteiger partial charge in [-0.1, -0.05) is 203 Å². The fourth-order valence-electron chi connectivity index (χ4n) is 9.34. The first kappa shape index (κ1) is 44.3. The van der Waals surface area contributed by atoms with Crippen molar-refractivity contribution in [3.8, 4) is 22.3 Å². The second kappa shape index (κ2) is 17.8. The van der Waals surface area contributed by atoms with Crippen molar-refractivity contribution in [3.05, 3.63) is 216 Å². The van der Waals surface area contributed by atoms with E-state index in [4.69, 9.17) is 0 Å². The molecule has 9 rings (SSSR count). The average molecular weight is 861 g/mol. The largest absolute Gasteiger partial charge is 0.309 e. The van der Waals surface area contributed by atoms with Crippen LogP contribution in [-0.2, 0) is 10.8 Å². The van der Waals surface area contributed by atoms with E-state index in [1.165, 1.54) is 66.1 Å². The highest BCUT2D eigenvalue weighted by atomic mass is 15.2. The van der Waals surface area contributed by atoms with Gasteiger partial charge >= 0.3 is 0 Å². The number of fused-ring (bicyclic) bond motifs is 2. The molecule has 0 radical (unpaired) electrons. The van der Waals surface area contributed by atoms with Gasteiger partial charge in [0.05, 0.1) is 11.4 Å². The van der Waals surface area contributed by atoms with Crippen molar-refractivity contribution in [1.29, 1.82) is 0 Å². The van der Waals surface area contributed by atoms with Crippen LogP contribution in [0, 0.1) is 0 Å². The van der Waals surface area contributed by atoms with Gasteiger partial charge in [-0.3, -0.25) is 0 Å². The first-order chi connectivity index (χ1) is 31.7. The van der Waals surface area contributed by atoms with Crippen LogP contribution < -0.4 is 9.80 Å². The summed E-state index contributed by atoms with van der Waals surface area (Å²) in [5.41, 5.74) is 16.8. The van der Waals surface area contributed by atoms with Crippen LogP contribution in [0.15, 0.2) is 194 Å². The highest BCUT2D eigenvalue weighted by Crippen LogP contribution is 2.53. The molecule has 66 heavy (non-hydrogen) atoms. The lowest BCUT2D eigenvalue weighted by Crippen LogP contribution is -2.16. The van der Waals surface area contributed by atoms with Gasteiger partial charge in [0.15, 0.2) is 0 Å². The van der Waals surface area contributed by atoms with Gasteiger partial charge in [-0.25, -0.2) is 0 Å². The molecular formula is C64H64N2. The Kier molecular flexibility index (Phi) is 12.0. The molecule has 0 saturated carbocycles. The number of hydrogen-bond acceptors (Lipinski definition) is 2. The van der Waals surface area contributed by atoms with Gasteiger partial charge in [0.25, 0.3) is 0 Å². The summed E-state index contributed by atoms with van der Waals surface area (Å²) in [5.74, 6) is 0.838. The van der Waals surface area contributed by atoms with Gasteiger partial charge in [0.2, 0.25) is 0 Å². The van der Waals surface area contributed by atoms with Gasteiger partial charge in [-0.15, -0.1) is 0 Å². The minimum absolute atomic E-state index is 0.0175. The molecule has 0 spiro atoms. The lowest BCUT2D eigenvalue weighted by molar-refractivity contribution is 0.590. The zero-order chi connectivity index (χ0) is 46.3. The third kappa shape index (κ3) is 8.78. The Labute approximate surface area is 394 Å². The Morgan fingerprint density at radius 3 is 0.894 bits per heavy atom. The monoisotopic (exact) mass is 861 g/mol. The predicted molar refractivity (Wildman–Crippen MR) is 287 cm³/mol. The molecule has 0 aliphatic carbocycles. The lowest BCUT2D eigenvalue weighted by Gasteiger charge is -2.34. The number of nitrogens with zero attached hydrogens (tertiary/aromatic N) is 2. The van der Waals surface area contributed by atoms with Crippen molar-refractivity contribution in [3.63, 3.8) is 0 Å². The van der Waals surface area contributed by atoms with E-state index in [-0.39, 0.29) is 10.8 Å². The van der Waals surface area contributed by atoms with Crippen molar-refractivity contribution in [2.24, 2.45) is 0 Å². The minimum Gasteiger partial charge on any atom is -0.309 e. The summed E-state index contributed by atoms with van der Waals surface area (Å²) >= 11 is 0. The first-order valence-corrected chi connectivity index (χ1v) is 23.8. The van der Waals surface area contributed by atoms with Crippen LogP contribution in [0.1, 0.15) is 103 Å². The molecule has 0 atom stereocenters. The molecule has 9 aromatic carbocycles. The molecule has 2 nitrogen and oxygen atoms in total. The normalized spacial score (nSPS) is 12.1. The van der Waals surface area contributed by atoms with E-state index in [0.29, 0.717) is 11.8 Å². The maximum Gasteiger partial charge on any atom is 0.0620 e. The van der Waals surface area contributed by atoms with Crippen LogP contribution in [0.2, 0.25) is 0 Å². The average Bonchev–Trinajstić information content (AvgIpc) is 3.32. The zero-order valence-electron chi connectivity index (χ0n) is 40.5. The molecule has 0 aromatic heterocycles. The van der Waals surface area contributed by atoms with Crippen molar-refractivity contribution >= 4 is 55.7 Å². The van der Waals surface area contributed by atoms with Crippen LogP contribution in [0.3, 0.4) is 0 Å². The molecule has 0 fully saturated rings. The third-order valence-corrected chi connectivity index (χ3v) is 13.3. The van der Waals surface area contributed by atoms with Gasteiger partial charge in [0.1, 0.15) is 0 Å².